The van der Waals surface area contributed by atoms with E-state index in [0.717, 1.165) is 38.2 Å². The van der Waals surface area contributed by atoms with Crippen molar-refractivity contribution < 1.29 is 18.3 Å². The van der Waals surface area contributed by atoms with Gasteiger partial charge in [-0.2, -0.15) is 0 Å². The van der Waals surface area contributed by atoms with Gasteiger partial charge in [0, 0.05) is 50.0 Å². The Morgan fingerprint density at radius 1 is 1.23 bits per heavy atom. The summed E-state index contributed by atoms with van der Waals surface area (Å²) in [5.41, 5.74) is 0. The summed E-state index contributed by atoms with van der Waals surface area (Å²) < 4.78 is 31.3. The zero-order valence-corrected chi connectivity index (χ0v) is 15.5. The first-order valence-electron chi connectivity index (χ1n) is 9.17. The minimum atomic E-state index is -2.55. The van der Waals surface area contributed by atoms with E-state index in [1.807, 2.05) is 12.1 Å². The fourth-order valence-electron chi connectivity index (χ4n) is 3.60. The summed E-state index contributed by atoms with van der Waals surface area (Å²) in [4.78, 5) is 14.3. The minimum Gasteiger partial charge on any atom is -0.492 e. The quantitative estimate of drug-likeness (QED) is 0.776. The van der Waals surface area contributed by atoms with Gasteiger partial charge in [0.25, 0.3) is 0 Å². The number of amides is 1. The van der Waals surface area contributed by atoms with Gasteiger partial charge < -0.3 is 10.1 Å². The number of hydrogen-bond donors (Lipinski definition) is 1. The molecule has 1 aliphatic heterocycles. The van der Waals surface area contributed by atoms with Gasteiger partial charge in [-0.15, -0.1) is 0 Å². The molecular formula is C19H25ClF2N2O2. The molecular weight excluding hydrogens is 362 g/mol. The molecule has 144 valence electrons. The Labute approximate surface area is 157 Å². The topological polar surface area (TPSA) is 41.6 Å². The van der Waals surface area contributed by atoms with Gasteiger partial charge in [0.05, 0.1) is 0 Å². The highest BCUT2D eigenvalue weighted by Gasteiger charge is 2.45. The number of hydrogen-bond acceptors (Lipinski definition) is 3. The van der Waals surface area contributed by atoms with Crippen LogP contribution >= 0.6 is 11.6 Å². The van der Waals surface area contributed by atoms with Crippen LogP contribution in [0.2, 0.25) is 5.02 Å². The van der Waals surface area contributed by atoms with Crippen molar-refractivity contribution in [2.45, 2.75) is 44.1 Å². The van der Waals surface area contributed by atoms with E-state index >= 15 is 0 Å². The SMILES string of the molecule is O=C(CC1CC(F)(F)C1)NC1CCN(CCOc2ccc(Cl)cc2)CC1. The number of carbonyl (C=O) groups is 1. The van der Waals surface area contributed by atoms with E-state index < -0.39 is 5.92 Å². The van der Waals surface area contributed by atoms with Crippen LogP contribution in [0.5, 0.6) is 5.75 Å². The zero-order chi connectivity index (χ0) is 18.6. The minimum absolute atomic E-state index is 0.0879. The summed E-state index contributed by atoms with van der Waals surface area (Å²) in [6, 6.07) is 7.45. The Hall–Kier alpha value is -1.40. The third-order valence-corrected chi connectivity index (χ3v) is 5.34. The molecule has 0 aromatic heterocycles. The third-order valence-electron chi connectivity index (χ3n) is 5.09. The second-order valence-corrected chi connectivity index (χ2v) is 7.76. The molecule has 0 bridgehead atoms. The Morgan fingerprint density at radius 2 is 1.88 bits per heavy atom. The van der Waals surface area contributed by atoms with Crippen molar-refractivity contribution in [3.63, 3.8) is 0 Å². The van der Waals surface area contributed by atoms with Crippen LogP contribution in [0.15, 0.2) is 24.3 Å². The first-order valence-corrected chi connectivity index (χ1v) is 9.55. The Balaban J connectivity index is 1.28. The highest BCUT2D eigenvalue weighted by molar-refractivity contribution is 6.30. The molecule has 1 aromatic rings. The van der Waals surface area contributed by atoms with Gasteiger partial charge in [0.2, 0.25) is 11.8 Å². The van der Waals surface area contributed by atoms with Crippen LogP contribution in [-0.2, 0) is 4.79 Å². The second kappa shape index (κ2) is 8.53. The lowest BCUT2D eigenvalue weighted by atomic mass is 9.79. The smallest absolute Gasteiger partial charge is 0.248 e. The number of benzene rings is 1. The lowest BCUT2D eigenvalue weighted by molar-refractivity contribution is -0.134. The molecule has 0 atom stereocenters. The molecule has 3 rings (SSSR count). The lowest BCUT2D eigenvalue weighted by Crippen LogP contribution is -2.46. The average molecular weight is 387 g/mol. The van der Waals surface area contributed by atoms with E-state index in [1.165, 1.54) is 0 Å². The fourth-order valence-corrected chi connectivity index (χ4v) is 3.73. The number of carbonyl (C=O) groups excluding carboxylic acids is 1. The standard InChI is InChI=1S/C19H25ClF2N2O2/c20-15-1-3-17(4-2-15)26-10-9-24-7-5-16(6-8-24)23-18(25)11-14-12-19(21,22)13-14/h1-4,14,16H,5-13H2,(H,23,25). The molecule has 4 nitrogen and oxygen atoms in total. The van der Waals surface area contributed by atoms with Crippen molar-refractivity contribution in [1.82, 2.24) is 10.2 Å². The molecule has 0 spiro atoms. The average Bonchev–Trinajstić information content (AvgIpc) is 2.56. The van der Waals surface area contributed by atoms with Gasteiger partial charge in [-0.05, 0) is 43.0 Å². The van der Waals surface area contributed by atoms with Crippen LogP contribution < -0.4 is 10.1 Å². The summed E-state index contributed by atoms with van der Waals surface area (Å²) in [6.45, 7) is 3.24. The van der Waals surface area contributed by atoms with Crippen LogP contribution in [0.25, 0.3) is 0 Å². The van der Waals surface area contributed by atoms with Gasteiger partial charge in [-0.25, -0.2) is 8.78 Å². The summed E-state index contributed by atoms with van der Waals surface area (Å²) in [5, 5.41) is 3.69. The van der Waals surface area contributed by atoms with Crippen molar-refractivity contribution in [3.05, 3.63) is 29.3 Å². The predicted molar refractivity (Wildman–Crippen MR) is 96.8 cm³/mol. The Bertz CT molecular complexity index is 596. The van der Waals surface area contributed by atoms with Gasteiger partial charge in [-0.3, -0.25) is 9.69 Å². The largest absolute Gasteiger partial charge is 0.492 e. The van der Waals surface area contributed by atoms with Crippen LogP contribution in [0, 0.1) is 5.92 Å². The molecule has 0 unspecified atom stereocenters. The Kier molecular flexibility index (Phi) is 6.35. The normalized spacial score (nSPS) is 21.2. The molecule has 1 saturated heterocycles. The number of piperidine rings is 1. The maximum Gasteiger partial charge on any atom is 0.248 e. The number of halogens is 3. The molecule has 26 heavy (non-hydrogen) atoms. The van der Waals surface area contributed by atoms with Gasteiger partial charge >= 0.3 is 0 Å². The molecule has 7 heteroatoms. The number of rotatable bonds is 7. The maximum atomic E-state index is 12.8. The number of nitrogens with one attached hydrogen (secondary N) is 1. The van der Waals surface area contributed by atoms with Crippen LogP contribution in [-0.4, -0.2) is 49.0 Å². The molecule has 1 heterocycles. The van der Waals surface area contributed by atoms with Crippen molar-refractivity contribution >= 4 is 17.5 Å². The Morgan fingerprint density at radius 3 is 2.50 bits per heavy atom. The van der Waals surface area contributed by atoms with E-state index in [1.54, 1.807) is 12.1 Å². The number of alkyl halides is 2. The molecule has 1 saturated carbocycles. The monoisotopic (exact) mass is 386 g/mol. The number of ether oxygens (including phenoxy) is 1. The molecule has 0 radical (unpaired) electrons. The highest BCUT2D eigenvalue weighted by Crippen LogP contribution is 2.43. The van der Waals surface area contributed by atoms with E-state index in [4.69, 9.17) is 16.3 Å². The van der Waals surface area contributed by atoms with E-state index in [2.05, 4.69) is 10.2 Å². The molecule has 1 N–H and O–H groups in total. The van der Waals surface area contributed by atoms with Crippen molar-refractivity contribution in [2.24, 2.45) is 5.92 Å². The summed E-state index contributed by atoms with van der Waals surface area (Å²) in [5.74, 6) is -1.99. The van der Waals surface area contributed by atoms with Crippen molar-refractivity contribution in [1.29, 1.82) is 0 Å². The highest BCUT2D eigenvalue weighted by atomic mass is 35.5. The molecule has 2 fully saturated rings. The van der Waals surface area contributed by atoms with Crippen LogP contribution in [0.3, 0.4) is 0 Å². The third kappa shape index (κ3) is 5.81. The fraction of sp³-hybridized carbons (Fsp3) is 0.632. The van der Waals surface area contributed by atoms with E-state index in [-0.39, 0.29) is 37.1 Å². The predicted octanol–water partition coefficient (Wildman–Crippen LogP) is 3.73. The molecule has 2 aliphatic rings. The first kappa shape index (κ1) is 19.4. The van der Waals surface area contributed by atoms with Gasteiger partial charge in [-0.1, -0.05) is 11.6 Å². The molecule has 1 aromatic carbocycles. The molecule has 1 amide bonds. The summed E-state index contributed by atoms with van der Waals surface area (Å²) >= 11 is 5.84. The zero-order valence-electron chi connectivity index (χ0n) is 14.7. The number of nitrogens with zero attached hydrogens (tertiary/aromatic N) is 1. The maximum absolute atomic E-state index is 12.8. The molecule has 1 aliphatic carbocycles. The van der Waals surface area contributed by atoms with Gasteiger partial charge in [0.15, 0.2) is 0 Å². The second-order valence-electron chi connectivity index (χ2n) is 7.32. The van der Waals surface area contributed by atoms with Crippen LogP contribution in [0.1, 0.15) is 32.1 Å². The van der Waals surface area contributed by atoms with E-state index in [9.17, 15) is 13.6 Å². The first-order chi connectivity index (χ1) is 12.4. The van der Waals surface area contributed by atoms with Crippen molar-refractivity contribution in [2.75, 3.05) is 26.2 Å². The lowest BCUT2D eigenvalue weighted by Gasteiger charge is -2.35. The number of likely N-dealkylation sites (tertiary alicyclic amines) is 1. The summed E-state index contributed by atoms with van der Waals surface area (Å²) in [7, 11) is 0. The van der Waals surface area contributed by atoms with Crippen molar-refractivity contribution in [3.8, 4) is 5.75 Å². The van der Waals surface area contributed by atoms with E-state index in [0.29, 0.717) is 11.6 Å². The summed E-state index contributed by atoms with van der Waals surface area (Å²) in [6.07, 6.45) is 1.70. The van der Waals surface area contributed by atoms with Gasteiger partial charge in [0.1, 0.15) is 12.4 Å². The van der Waals surface area contributed by atoms with Crippen LogP contribution in [0.4, 0.5) is 8.78 Å².